The zero-order chi connectivity index (χ0) is 20.2. The summed E-state index contributed by atoms with van der Waals surface area (Å²) in [6.45, 7) is 3.33. The number of rotatable bonds is 12. The van der Waals surface area contributed by atoms with E-state index in [-0.39, 0.29) is 11.8 Å². The lowest BCUT2D eigenvalue weighted by molar-refractivity contribution is -0.116. The van der Waals surface area contributed by atoms with E-state index in [2.05, 4.69) is 12.2 Å². The van der Waals surface area contributed by atoms with Gasteiger partial charge in [-0.1, -0.05) is 57.2 Å². The van der Waals surface area contributed by atoms with Gasteiger partial charge in [0.2, 0.25) is 5.91 Å². The molecular weight excluding hydrogens is 350 g/mol. The monoisotopic (exact) mass is 383 g/mol. The highest BCUT2D eigenvalue weighted by molar-refractivity contribution is 5.94. The Bertz CT molecular complexity index is 724. The maximum Gasteiger partial charge on any atom is 0.270 e. The van der Waals surface area contributed by atoms with Gasteiger partial charge in [0.25, 0.3) is 5.91 Å². The van der Waals surface area contributed by atoms with Crippen LogP contribution >= 0.6 is 0 Å². The topological polar surface area (TPSA) is 54.3 Å². The van der Waals surface area contributed by atoms with Gasteiger partial charge >= 0.3 is 0 Å². The van der Waals surface area contributed by atoms with Gasteiger partial charge in [0.15, 0.2) is 0 Å². The van der Waals surface area contributed by atoms with E-state index in [0.717, 1.165) is 18.5 Å². The van der Waals surface area contributed by atoms with Crippen LogP contribution in [0, 0.1) is 0 Å². The van der Waals surface area contributed by atoms with Gasteiger partial charge in [-0.05, 0) is 30.7 Å². The minimum Gasteiger partial charge on any atom is -0.347 e. The van der Waals surface area contributed by atoms with Gasteiger partial charge in [-0.3, -0.25) is 9.59 Å². The normalized spacial score (nSPS) is 10.6. The van der Waals surface area contributed by atoms with Crippen molar-refractivity contribution in [3.8, 4) is 0 Å². The van der Waals surface area contributed by atoms with Crippen LogP contribution in [0.1, 0.15) is 62.4 Å². The first-order valence-corrected chi connectivity index (χ1v) is 10.4. The second kappa shape index (κ2) is 12.0. The fourth-order valence-electron chi connectivity index (χ4n) is 3.22. The van der Waals surface area contributed by atoms with Crippen molar-refractivity contribution in [3.63, 3.8) is 0 Å². The molecule has 0 bridgehead atoms. The molecule has 0 unspecified atom stereocenters. The van der Waals surface area contributed by atoms with Gasteiger partial charge in [-0.2, -0.15) is 0 Å². The number of carbonyl (C=O) groups is 2. The summed E-state index contributed by atoms with van der Waals surface area (Å²) in [6, 6.07) is 13.1. The maximum absolute atomic E-state index is 12.9. The van der Waals surface area contributed by atoms with Crippen LogP contribution in [-0.2, 0) is 11.8 Å². The Kier molecular flexibility index (Phi) is 9.32. The van der Waals surface area contributed by atoms with Crippen LogP contribution < -0.4 is 5.32 Å². The molecule has 0 aliphatic carbocycles. The molecule has 0 atom stereocenters. The largest absolute Gasteiger partial charge is 0.347 e. The van der Waals surface area contributed by atoms with Gasteiger partial charge in [0.1, 0.15) is 5.69 Å². The van der Waals surface area contributed by atoms with Crippen LogP contribution in [0.2, 0.25) is 0 Å². The number of para-hydroxylation sites is 1. The van der Waals surface area contributed by atoms with Crippen molar-refractivity contribution in [1.82, 2.24) is 9.47 Å². The van der Waals surface area contributed by atoms with Gasteiger partial charge in [-0.15, -0.1) is 0 Å². The summed E-state index contributed by atoms with van der Waals surface area (Å²) in [5.41, 5.74) is 1.44. The Morgan fingerprint density at radius 2 is 1.64 bits per heavy atom. The molecule has 2 amide bonds. The van der Waals surface area contributed by atoms with Crippen LogP contribution in [-0.4, -0.2) is 34.4 Å². The van der Waals surface area contributed by atoms with Crippen molar-refractivity contribution >= 4 is 17.5 Å². The Labute approximate surface area is 168 Å². The molecule has 1 aromatic carbocycles. The molecule has 0 radical (unpaired) electrons. The summed E-state index contributed by atoms with van der Waals surface area (Å²) in [5.74, 6) is -0.0765. The molecule has 1 N–H and O–H groups in total. The molecule has 0 saturated heterocycles. The van der Waals surface area contributed by atoms with E-state index < -0.39 is 0 Å². The van der Waals surface area contributed by atoms with Crippen molar-refractivity contribution in [2.45, 2.75) is 51.9 Å². The zero-order valence-corrected chi connectivity index (χ0v) is 17.2. The van der Waals surface area contributed by atoms with Crippen LogP contribution in [0.4, 0.5) is 5.69 Å². The molecule has 28 heavy (non-hydrogen) atoms. The summed E-state index contributed by atoms with van der Waals surface area (Å²) >= 11 is 0. The number of unbranched alkanes of at least 4 members (excludes halogenated alkanes) is 5. The predicted molar refractivity (Wildman–Crippen MR) is 114 cm³/mol. The van der Waals surface area contributed by atoms with Crippen molar-refractivity contribution in [3.05, 3.63) is 54.4 Å². The van der Waals surface area contributed by atoms with E-state index in [9.17, 15) is 9.59 Å². The number of benzene rings is 1. The Morgan fingerprint density at radius 3 is 2.32 bits per heavy atom. The third kappa shape index (κ3) is 7.22. The fraction of sp³-hybridized carbons (Fsp3) is 0.478. The molecular formula is C23H33N3O2. The van der Waals surface area contributed by atoms with Gasteiger partial charge in [-0.25, -0.2) is 0 Å². The summed E-state index contributed by atoms with van der Waals surface area (Å²) in [6.07, 6.45) is 9.21. The van der Waals surface area contributed by atoms with Crippen molar-refractivity contribution in [1.29, 1.82) is 0 Å². The van der Waals surface area contributed by atoms with Crippen LogP contribution in [0.25, 0.3) is 0 Å². The summed E-state index contributed by atoms with van der Waals surface area (Å²) in [5, 5.41) is 2.89. The van der Waals surface area contributed by atoms with Crippen LogP contribution in [0.15, 0.2) is 48.7 Å². The molecule has 152 valence electrons. The molecule has 0 fully saturated rings. The fourth-order valence-corrected chi connectivity index (χ4v) is 3.22. The Morgan fingerprint density at radius 1 is 0.929 bits per heavy atom. The second-order valence-corrected chi connectivity index (χ2v) is 7.23. The number of hydrogen-bond donors (Lipinski definition) is 1. The first-order valence-electron chi connectivity index (χ1n) is 10.4. The molecule has 0 aliphatic heterocycles. The molecule has 5 nitrogen and oxygen atoms in total. The van der Waals surface area contributed by atoms with E-state index in [1.165, 1.54) is 25.7 Å². The molecule has 0 saturated carbocycles. The number of aryl methyl sites for hydroxylation is 1. The van der Waals surface area contributed by atoms with E-state index in [1.54, 1.807) is 0 Å². The number of nitrogens with zero attached hydrogens (tertiary/aromatic N) is 2. The predicted octanol–water partition coefficient (Wildman–Crippen LogP) is 4.86. The van der Waals surface area contributed by atoms with Crippen LogP contribution in [0.3, 0.4) is 0 Å². The number of anilines is 1. The van der Waals surface area contributed by atoms with Gasteiger partial charge in [0, 0.05) is 38.4 Å². The van der Waals surface area contributed by atoms with E-state index in [1.807, 2.05) is 65.2 Å². The van der Waals surface area contributed by atoms with Gasteiger partial charge < -0.3 is 14.8 Å². The minimum absolute atomic E-state index is 0.00595. The van der Waals surface area contributed by atoms with Gasteiger partial charge in [0.05, 0.1) is 0 Å². The maximum atomic E-state index is 12.9. The number of hydrogen-bond acceptors (Lipinski definition) is 2. The number of nitrogens with one attached hydrogen (secondary N) is 1. The third-order valence-electron chi connectivity index (χ3n) is 4.90. The smallest absolute Gasteiger partial charge is 0.270 e. The second-order valence-electron chi connectivity index (χ2n) is 7.23. The Hall–Kier alpha value is -2.56. The van der Waals surface area contributed by atoms with Crippen molar-refractivity contribution in [2.75, 3.05) is 18.4 Å². The highest BCUT2D eigenvalue weighted by Gasteiger charge is 2.18. The SMILES string of the molecule is CCCCCCCCN(CCC(=O)Nc1ccccc1)C(=O)c1cccn1C. The summed E-state index contributed by atoms with van der Waals surface area (Å²) in [4.78, 5) is 27.0. The molecule has 0 aliphatic rings. The molecule has 5 heteroatoms. The number of aromatic nitrogens is 1. The van der Waals surface area contributed by atoms with Crippen LogP contribution in [0.5, 0.6) is 0 Å². The van der Waals surface area contributed by atoms with E-state index in [0.29, 0.717) is 25.2 Å². The molecule has 1 aromatic heterocycles. The molecule has 2 rings (SSSR count). The number of amides is 2. The number of carbonyl (C=O) groups excluding carboxylic acids is 2. The van der Waals surface area contributed by atoms with Crippen molar-refractivity contribution < 1.29 is 9.59 Å². The quantitative estimate of drug-likeness (QED) is 0.532. The average molecular weight is 384 g/mol. The lowest BCUT2D eigenvalue weighted by Crippen LogP contribution is -2.35. The van der Waals surface area contributed by atoms with E-state index >= 15 is 0 Å². The van der Waals surface area contributed by atoms with Crippen molar-refractivity contribution in [2.24, 2.45) is 7.05 Å². The standard InChI is InChI=1S/C23H33N3O2/c1-3-4-5-6-7-11-18-26(23(28)21-15-12-17-25(21)2)19-16-22(27)24-20-13-9-8-10-14-20/h8-10,12-15,17H,3-7,11,16,18-19H2,1-2H3,(H,24,27). The highest BCUT2D eigenvalue weighted by Crippen LogP contribution is 2.11. The summed E-state index contributed by atoms with van der Waals surface area (Å²) < 4.78 is 1.83. The average Bonchev–Trinajstić information content (AvgIpc) is 3.13. The lowest BCUT2D eigenvalue weighted by atomic mass is 10.1. The Balaban J connectivity index is 1.88. The third-order valence-corrected chi connectivity index (χ3v) is 4.90. The zero-order valence-electron chi connectivity index (χ0n) is 17.2. The first-order chi connectivity index (χ1) is 13.6. The first kappa shape index (κ1) is 21.7. The minimum atomic E-state index is -0.0705. The highest BCUT2D eigenvalue weighted by atomic mass is 16.2. The lowest BCUT2D eigenvalue weighted by Gasteiger charge is -2.23. The molecule has 2 aromatic rings. The van der Waals surface area contributed by atoms with E-state index in [4.69, 9.17) is 0 Å². The summed E-state index contributed by atoms with van der Waals surface area (Å²) in [7, 11) is 1.87. The molecule has 0 spiro atoms. The molecule has 1 heterocycles.